The summed E-state index contributed by atoms with van der Waals surface area (Å²) >= 11 is 5.80. The third-order valence-electron chi connectivity index (χ3n) is 2.31. The summed E-state index contributed by atoms with van der Waals surface area (Å²) in [6.45, 7) is 6.34. The van der Waals surface area contributed by atoms with E-state index in [0.29, 0.717) is 28.9 Å². The average Bonchev–Trinajstić information content (AvgIpc) is 2.30. The Bertz CT molecular complexity index is 421. The van der Waals surface area contributed by atoms with Gasteiger partial charge in [-0.3, -0.25) is 4.79 Å². The van der Waals surface area contributed by atoms with Crippen LogP contribution in [0.5, 0.6) is 0 Å². The molecule has 1 rings (SSSR count). The second-order valence-electron chi connectivity index (χ2n) is 4.59. The Morgan fingerprint density at radius 1 is 1.44 bits per heavy atom. The predicted molar refractivity (Wildman–Crippen MR) is 74.7 cm³/mol. The van der Waals surface area contributed by atoms with Crippen LogP contribution < -0.4 is 11.1 Å². The molecule has 1 aromatic carbocycles. The summed E-state index contributed by atoms with van der Waals surface area (Å²) in [5.74, 6) is 0.198. The SMILES string of the molecule is CC(C)COC(C)C(=O)Nc1ccc(Cl)c(N)c1. The second-order valence-corrected chi connectivity index (χ2v) is 5.00. The van der Waals surface area contributed by atoms with E-state index >= 15 is 0 Å². The molecule has 5 heteroatoms. The molecule has 0 aliphatic rings. The van der Waals surface area contributed by atoms with Gasteiger partial charge >= 0.3 is 0 Å². The van der Waals surface area contributed by atoms with Crippen molar-refractivity contribution in [2.75, 3.05) is 17.7 Å². The highest BCUT2D eigenvalue weighted by Crippen LogP contribution is 2.22. The first-order valence-electron chi connectivity index (χ1n) is 5.87. The van der Waals surface area contributed by atoms with E-state index in [4.69, 9.17) is 22.1 Å². The standard InChI is InChI=1S/C13H19ClN2O2/c1-8(2)7-18-9(3)13(17)16-10-4-5-11(14)12(15)6-10/h4-6,8-9H,7,15H2,1-3H3,(H,16,17). The number of benzene rings is 1. The predicted octanol–water partition coefficient (Wildman–Crippen LogP) is 2.92. The van der Waals surface area contributed by atoms with Gasteiger partial charge in [-0.25, -0.2) is 0 Å². The molecule has 0 aliphatic carbocycles. The second kappa shape index (κ2) is 6.61. The lowest BCUT2D eigenvalue weighted by Gasteiger charge is -2.15. The number of hydrogen-bond donors (Lipinski definition) is 2. The lowest BCUT2D eigenvalue weighted by molar-refractivity contribution is -0.126. The highest BCUT2D eigenvalue weighted by molar-refractivity contribution is 6.33. The highest BCUT2D eigenvalue weighted by Gasteiger charge is 2.14. The molecule has 0 bridgehead atoms. The van der Waals surface area contributed by atoms with Crippen molar-refractivity contribution in [1.29, 1.82) is 0 Å². The van der Waals surface area contributed by atoms with Crippen LogP contribution in [0.3, 0.4) is 0 Å². The summed E-state index contributed by atoms with van der Waals surface area (Å²) in [5.41, 5.74) is 6.70. The summed E-state index contributed by atoms with van der Waals surface area (Å²) in [4.78, 5) is 11.8. The van der Waals surface area contributed by atoms with Crippen molar-refractivity contribution in [2.24, 2.45) is 5.92 Å². The lowest BCUT2D eigenvalue weighted by Crippen LogP contribution is -2.28. The van der Waals surface area contributed by atoms with Crippen molar-refractivity contribution < 1.29 is 9.53 Å². The van der Waals surface area contributed by atoms with Crippen molar-refractivity contribution in [3.63, 3.8) is 0 Å². The number of hydrogen-bond acceptors (Lipinski definition) is 3. The summed E-state index contributed by atoms with van der Waals surface area (Å²) in [7, 11) is 0. The van der Waals surface area contributed by atoms with Crippen LogP contribution in [0.25, 0.3) is 0 Å². The van der Waals surface area contributed by atoms with Crippen LogP contribution in [0.1, 0.15) is 20.8 Å². The third-order valence-corrected chi connectivity index (χ3v) is 2.66. The van der Waals surface area contributed by atoms with Gasteiger partial charge in [-0.1, -0.05) is 25.4 Å². The fraction of sp³-hybridized carbons (Fsp3) is 0.462. The molecule has 0 aromatic heterocycles. The fourth-order valence-electron chi connectivity index (χ4n) is 1.28. The molecular formula is C13H19ClN2O2. The molecule has 0 heterocycles. The van der Waals surface area contributed by atoms with E-state index in [-0.39, 0.29) is 5.91 Å². The van der Waals surface area contributed by atoms with Crippen LogP contribution in [0.2, 0.25) is 5.02 Å². The normalized spacial score (nSPS) is 12.5. The summed E-state index contributed by atoms with van der Waals surface area (Å²) < 4.78 is 5.42. The molecule has 0 saturated carbocycles. The summed E-state index contributed by atoms with van der Waals surface area (Å²) in [5, 5.41) is 3.20. The Morgan fingerprint density at radius 3 is 2.67 bits per heavy atom. The van der Waals surface area contributed by atoms with Gasteiger partial charge in [0.2, 0.25) is 0 Å². The number of carbonyl (C=O) groups excluding carboxylic acids is 1. The maximum Gasteiger partial charge on any atom is 0.253 e. The molecule has 3 N–H and O–H groups in total. The largest absolute Gasteiger partial charge is 0.397 e. The van der Waals surface area contributed by atoms with E-state index in [2.05, 4.69) is 5.32 Å². The Hall–Kier alpha value is -1.26. The lowest BCUT2D eigenvalue weighted by atomic mass is 10.2. The van der Waals surface area contributed by atoms with Gasteiger partial charge in [0.1, 0.15) is 6.10 Å². The van der Waals surface area contributed by atoms with Gasteiger partial charge in [-0.15, -0.1) is 0 Å². The van der Waals surface area contributed by atoms with E-state index in [9.17, 15) is 4.79 Å². The summed E-state index contributed by atoms with van der Waals surface area (Å²) in [6.07, 6.45) is -0.496. The van der Waals surface area contributed by atoms with Gasteiger partial charge in [-0.2, -0.15) is 0 Å². The highest BCUT2D eigenvalue weighted by atomic mass is 35.5. The Labute approximate surface area is 112 Å². The zero-order valence-corrected chi connectivity index (χ0v) is 11.6. The van der Waals surface area contributed by atoms with Gasteiger partial charge in [-0.05, 0) is 31.0 Å². The minimum atomic E-state index is -0.496. The number of anilines is 2. The maximum absolute atomic E-state index is 11.8. The van der Waals surface area contributed by atoms with Crippen LogP contribution in [0.15, 0.2) is 18.2 Å². The molecule has 0 radical (unpaired) electrons. The number of ether oxygens (including phenoxy) is 1. The van der Waals surface area contributed by atoms with Crippen molar-refractivity contribution in [3.05, 3.63) is 23.2 Å². The number of amides is 1. The third kappa shape index (κ3) is 4.55. The zero-order valence-electron chi connectivity index (χ0n) is 10.9. The molecule has 0 spiro atoms. The first kappa shape index (κ1) is 14.8. The number of rotatable bonds is 5. The van der Waals surface area contributed by atoms with E-state index in [1.165, 1.54) is 0 Å². The van der Waals surface area contributed by atoms with Gasteiger partial charge in [0.25, 0.3) is 5.91 Å². The number of carbonyl (C=O) groups is 1. The van der Waals surface area contributed by atoms with Crippen LogP contribution in [0, 0.1) is 5.92 Å². The van der Waals surface area contributed by atoms with E-state index < -0.39 is 6.10 Å². The summed E-state index contributed by atoms with van der Waals surface area (Å²) in [6, 6.07) is 4.97. The van der Waals surface area contributed by atoms with Gasteiger partial charge in [0.15, 0.2) is 0 Å². The molecule has 0 aliphatic heterocycles. The topological polar surface area (TPSA) is 64.3 Å². The van der Waals surface area contributed by atoms with Crippen LogP contribution in [-0.2, 0) is 9.53 Å². The van der Waals surface area contributed by atoms with Crippen molar-refractivity contribution in [2.45, 2.75) is 26.9 Å². The molecule has 1 amide bonds. The molecule has 100 valence electrons. The Morgan fingerprint density at radius 2 is 2.11 bits per heavy atom. The van der Waals surface area contributed by atoms with E-state index in [0.717, 1.165) is 0 Å². The maximum atomic E-state index is 11.8. The Balaban J connectivity index is 2.55. The number of nitrogen functional groups attached to an aromatic ring is 1. The van der Waals surface area contributed by atoms with Gasteiger partial charge in [0.05, 0.1) is 10.7 Å². The van der Waals surface area contributed by atoms with Crippen molar-refractivity contribution >= 4 is 28.9 Å². The molecule has 18 heavy (non-hydrogen) atoms. The van der Waals surface area contributed by atoms with Gasteiger partial charge < -0.3 is 15.8 Å². The average molecular weight is 271 g/mol. The number of nitrogens with two attached hydrogens (primary N) is 1. The van der Waals surface area contributed by atoms with Crippen LogP contribution in [-0.4, -0.2) is 18.6 Å². The smallest absolute Gasteiger partial charge is 0.253 e. The zero-order chi connectivity index (χ0) is 13.7. The van der Waals surface area contributed by atoms with Crippen molar-refractivity contribution in [3.8, 4) is 0 Å². The van der Waals surface area contributed by atoms with Crippen LogP contribution >= 0.6 is 11.6 Å². The van der Waals surface area contributed by atoms with Gasteiger partial charge in [0, 0.05) is 12.3 Å². The van der Waals surface area contributed by atoms with Crippen molar-refractivity contribution in [1.82, 2.24) is 0 Å². The monoisotopic (exact) mass is 270 g/mol. The molecule has 0 fully saturated rings. The number of halogens is 1. The minimum absolute atomic E-state index is 0.197. The quantitative estimate of drug-likeness (QED) is 0.809. The molecule has 1 aromatic rings. The molecule has 1 atom stereocenters. The molecular weight excluding hydrogens is 252 g/mol. The van der Waals surface area contributed by atoms with E-state index in [1.54, 1.807) is 25.1 Å². The van der Waals surface area contributed by atoms with Crippen LogP contribution in [0.4, 0.5) is 11.4 Å². The Kier molecular flexibility index (Phi) is 5.44. The first-order chi connectivity index (χ1) is 8.40. The molecule has 4 nitrogen and oxygen atoms in total. The first-order valence-corrected chi connectivity index (χ1v) is 6.25. The minimum Gasteiger partial charge on any atom is -0.397 e. The fourth-order valence-corrected chi connectivity index (χ4v) is 1.40. The molecule has 0 saturated heterocycles. The molecule has 1 unspecified atom stereocenters. The number of nitrogens with one attached hydrogen (secondary N) is 1. The van der Waals surface area contributed by atoms with E-state index in [1.807, 2.05) is 13.8 Å².